The van der Waals surface area contributed by atoms with E-state index in [1.54, 1.807) is 11.1 Å². The van der Waals surface area contributed by atoms with E-state index in [1.165, 1.54) is 38.2 Å². The van der Waals surface area contributed by atoms with Gasteiger partial charge in [-0.3, -0.25) is 4.79 Å². The number of fused-ring (bicyclic) bond motifs is 5. The van der Waals surface area contributed by atoms with Gasteiger partial charge in [-0.2, -0.15) is 0 Å². The number of aryl methyl sites for hydroxylation is 1. The number of carbonyl (C=O) groups is 1. The molecule has 0 spiro atoms. The molecule has 1 aromatic rings. The van der Waals surface area contributed by atoms with Crippen molar-refractivity contribution in [2.75, 3.05) is 6.61 Å². The number of benzene rings is 1. The first-order valence-corrected chi connectivity index (χ1v) is 16.7. The van der Waals surface area contributed by atoms with Gasteiger partial charge in [-0.05, 0) is 95.2 Å². The van der Waals surface area contributed by atoms with Crippen LogP contribution >= 0.6 is 0 Å². The van der Waals surface area contributed by atoms with Gasteiger partial charge in [0, 0.05) is 12.8 Å². The number of esters is 1. The van der Waals surface area contributed by atoms with Crippen LogP contribution in [0.15, 0.2) is 29.8 Å². The molecule has 0 saturated heterocycles. The summed E-state index contributed by atoms with van der Waals surface area (Å²) in [6, 6.07) is 7.13. The third-order valence-corrected chi connectivity index (χ3v) is 16.4. The molecule has 0 radical (unpaired) electrons. The Balaban J connectivity index is 1.54. The van der Waals surface area contributed by atoms with Gasteiger partial charge in [0.1, 0.15) is 5.75 Å². The van der Waals surface area contributed by atoms with Gasteiger partial charge in [-0.25, -0.2) is 0 Å². The minimum absolute atomic E-state index is 0.173. The SMILES string of the molecule is CC(=O)OCC(C)C1=CC[C@H]2[C@@H]3CCc4cc(O[Si](C(C)C)(C(C)C)C(C)C)ccc4[C@H]3CC[C@]12C. The number of ether oxygens (including phenoxy) is 1. The van der Waals surface area contributed by atoms with Crippen molar-refractivity contribution >= 4 is 14.3 Å². The Bertz CT molecular complexity index is 971. The van der Waals surface area contributed by atoms with Gasteiger partial charge in [-0.1, -0.05) is 73.1 Å². The van der Waals surface area contributed by atoms with Crippen LogP contribution in [0.3, 0.4) is 0 Å². The zero-order valence-corrected chi connectivity index (χ0v) is 25.3. The summed E-state index contributed by atoms with van der Waals surface area (Å²) in [5.41, 5.74) is 6.67. The summed E-state index contributed by atoms with van der Waals surface area (Å²) in [5.74, 6) is 3.36. The lowest BCUT2D eigenvalue weighted by molar-refractivity contribution is -0.141. The molecule has 3 nitrogen and oxygen atoms in total. The van der Waals surface area contributed by atoms with Crippen molar-refractivity contribution in [1.29, 1.82) is 0 Å². The zero-order valence-electron chi connectivity index (χ0n) is 24.3. The molecule has 1 fully saturated rings. The van der Waals surface area contributed by atoms with E-state index < -0.39 is 8.32 Å². The summed E-state index contributed by atoms with van der Waals surface area (Å²) in [4.78, 5) is 11.4. The molecule has 1 unspecified atom stereocenters. The van der Waals surface area contributed by atoms with Crippen LogP contribution in [0, 0.1) is 23.2 Å². The first kappa shape index (κ1) is 27.5. The molecule has 0 heterocycles. The average Bonchev–Trinajstić information content (AvgIpc) is 3.17. The number of allylic oxidation sites excluding steroid dienone is 1. The van der Waals surface area contributed by atoms with E-state index in [2.05, 4.69) is 79.7 Å². The van der Waals surface area contributed by atoms with Gasteiger partial charge >= 0.3 is 5.97 Å². The van der Waals surface area contributed by atoms with Crippen molar-refractivity contribution in [3.8, 4) is 5.75 Å². The van der Waals surface area contributed by atoms with Crippen molar-refractivity contribution in [1.82, 2.24) is 0 Å². The smallest absolute Gasteiger partial charge is 0.302 e. The summed E-state index contributed by atoms with van der Waals surface area (Å²) >= 11 is 0. The van der Waals surface area contributed by atoms with E-state index in [0.29, 0.717) is 41.0 Å². The van der Waals surface area contributed by atoms with Crippen LogP contribution < -0.4 is 4.43 Å². The quantitative estimate of drug-likeness (QED) is 0.199. The fourth-order valence-electron chi connectivity index (χ4n) is 8.88. The van der Waals surface area contributed by atoms with Crippen LogP contribution in [0.2, 0.25) is 16.6 Å². The van der Waals surface area contributed by atoms with Gasteiger partial charge in [-0.15, -0.1) is 0 Å². The van der Waals surface area contributed by atoms with Crippen molar-refractivity contribution in [3.05, 3.63) is 41.0 Å². The molecule has 200 valence electrons. The molecule has 3 aliphatic carbocycles. The summed E-state index contributed by atoms with van der Waals surface area (Å²) in [7, 11) is -1.95. The first-order valence-electron chi connectivity index (χ1n) is 14.6. The molecule has 5 atom stereocenters. The Labute approximate surface area is 221 Å². The van der Waals surface area contributed by atoms with E-state index in [-0.39, 0.29) is 11.4 Å². The minimum Gasteiger partial charge on any atom is -0.543 e. The van der Waals surface area contributed by atoms with Crippen molar-refractivity contribution in [2.45, 2.75) is 117 Å². The largest absolute Gasteiger partial charge is 0.543 e. The molecule has 4 rings (SSSR count). The highest BCUT2D eigenvalue weighted by atomic mass is 28.4. The molecule has 0 bridgehead atoms. The van der Waals surface area contributed by atoms with Crippen LogP contribution in [0.5, 0.6) is 5.75 Å². The van der Waals surface area contributed by atoms with Gasteiger partial charge in [0.25, 0.3) is 8.32 Å². The fraction of sp³-hybridized carbons (Fsp3) is 0.719. The van der Waals surface area contributed by atoms with E-state index in [4.69, 9.17) is 9.16 Å². The highest BCUT2D eigenvalue weighted by molar-refractivity contribution is 6.78. The van der Waals surface area contributed by atoms with Crippen molar-refractivity contribution in [2.24, 2.45) is 23.2 Å². The third-order valence-electron chi connectivity index (χ3n) is 10.4. The normalized spacial score (nSPS) is 28.4. The van der Waals surface area contributed by atoms with Crippen LogP contribution in [0.4, 0.5) is 0 Å². The summed E-state index contributed by atoms with van der Waals surface area (Å²) in [6.07, 6.45) is 8.61. The van der Waals surface area contributed by atoms with Gasteiger partial charge in [0.15, 0.2) is 0 Å². The molecular weight excluding hydrogens is 460 g/mol. The van der Waals surface area contributed by atoms with E-state index in [0.717, 1.165) is 18.1 Å². The average molecular weight is 511 g/mol. The molecule has 0 aromatic heterocycles. The highest BCUT2D eigenvalue weighted by Gasteiger charge is 2.52. The Morgan fingerprint density at radius 3 is 2.33 bits per heavy atom. The summed E-state index contributed by atoms with van der Waals surface area (Å²) in [6.45, 7) is 21.0. The summed E-state index contributed by atoms with van der Waals surface area (Å²) < 4.78 is 12.4. The molecule has 0 aliphatic heterocycles. The Kier molecular flexibility index (Phi) is 7.87. The van der Waals surface area contributed by atoms with Crippen LogP contribution in [-0.2, 0) is 16.0 Å². The minimum atomic E-state index is -1.95. The van der Waals surface area contributed by atoms with Gasteiger partial charge in [0.2, 0.25) is 0 Å². The predicted molar refractivity (Wildman–Crippen MR) is 152 cm³/mol. The topological polar surface area (TPSA) is 35.5 Å². The molecule has 3 aliphatic rings. The van der Waals surface area contributed by atoms with Crippen LogP contribution in [0.1, 0.15) is 105 Å². The van der Waals surface area contributed by atoms with Crippen molar-refractivity contribution < 1.29 is 14.0 Å². The molecule has 36 heavy (non-hydrogen) atoms. The second-order valence-electron chi connectivity index (χ2n) is 13.3. The predicted octanol–water partition coefficient (Wildman–Crippen LogP) is 8.83. The van der Waals surface area contributed by atoms with Crippen LogP contribution in [-0.4, -0.2) is 20.9 Å². The lowest BCUT2D eigenvalue weighted by Gasteiger charge is -2.51. The third kappa shape index (κ3) is 4.61. The number of hydrogen-bond acceptors (Lipinski definition) is 3. The highest BCUT2D eigenvalue weighted by Crippen LogP contribution is 2.62. The molecule has 0 amide bonds. The van der Waals surface area contributed by atoms with Crippen LogP contribution in [0.25, 0.3) is 0 Å². The van der Waals surface area contributed by atoms with Crippen molar-refractivity contribution in [3.63, 3.8) is 0 Å². The Morgan fingerprint density at radius 1 is 1.06 bits per heavy atom. The maximum absolute atomic E-state index is 11.4. The van der Waals surface area contributed by atoms with E-state index in [1.807, 2.05) is 0 Å². The second kappa shape index (κ2) is 10.3. The molecule has 1 aromatic carbocycles. The Hall–Kier alpha value is -1.55. The maximum Gasteiger partial charge on any atom is 0.302 e. The fourth-order valence-corrected chi connectivity index (χ4v) is 14.1. The monoisotopic (exact) mass is 510 g/mol. The first-order chi connectivity index (χ1) is 16.9. The zero-order chi connectivity index (χ0) is 26.4. The summed E-state index contributed by atoms with van der Waals surface area (Å²) in [5, 5.41) is 0. The number of carbonyl (C=O) groups excluding carboxylic acids is 1. The van der Waals surface area contributed by atoms with Gasteiger partial charge in [0.05, 0.1) is 6.61 Å². The molecule has 0 N–H and O–H groups in total. The molecule has 4 heteroatoms. The number of hydrogen-bond donors (Lipinski definition) is 0. The lowest BCUT2D eigenvalue weighted by atomic mass is 9.53. The maximum atomic E-state index is 11.4. The molecule has 1 saturated carbocycles. The van der Waals surface area contributed by atoms with Gasteiger partial charge < -0.3 is 9.16 Å². The van der Waals surface area contributed by atoms with E-state index in [9.17, 15) is 4.79 Å². The standard InChI is InChI=1S/C32H50O3Si/c1-20(2)36(21(3)4,22(5)6)35-26-11-13-27-25(18-26)10-12-29-28(27)16-17-32(9)30(14-15-31(29)32)23(7)19-34-24(8)33/h11,13-14,18,20-23,28-29,31H,10,12,15-17,19H2,1-9H3/t23?,28-,29-,31+,32-/m1/s1. The molecular formula is C32H50O3Si. The van der Waals surface area contributed by atoms with E-state index >= 15 is 0 Å². The number of rotatable bonds is 8. The lowest BCUT2D eigenvalue weighted by Crippen LogP contribution is -2.50. The second-order valence-corrected chi connectivity index (χ2v) is 18.6. The Morgan fingerprint density at radius 2 is 1.72 bits per heavy atom.